The fraction of sp³-hybridized carbons (Fsp3) is 0.188. The fourth-order valence-corrected chi connectivity index (χ4v) is 2.75. The molecule has 0 amide bonds. The first-order chi connectivity index (χ1) is 10.5. The van der Waals surface area contributed by atoms with Crippen molar-refractivity contribution in [2.45, 2.75) is 12.8 Å². The van der Waals surface area contributed by atoms with Gasteiger partial charge >= 0.3 is 5.97 Å². The number of Topliss-reactive ketones (excluding diaryl/α,β-unsaturated/α-hetero) is 2. The monoisotopic (exact) mass is 318 g/mol. The zero-order valence-corrected chi connectivity index (χ0v) is 12.7. The molecule has 2 aromatic rings. The second kappa shape index (κ2) is 7.00. The minimum Gasteiger partial charge on any atom is -0.497 e. The Balaban J connectivity index is 2.02. The van der Waals surface area contributed by atoms with Crippen LogP contribution in [-0.2, 0) is 16.0 Å². The number of hydrogen-bond donors (Lipinski definition) is 1. The summed E-state index contributed by atoms with van der Waals surface area (Å²) < 4.78 is 5.09. The molecule has 0 saturated heterocycles. The van der Waals surface area contributed by atoms with Gasteiger partial charge in [0.05, 0.1) is 18.4 Å². The number of hydrogen-bond acceptors (Lipinski definition) is 5. The molecule has 0 fully saturated rings. The molecule has 0 atom stereocenters. The molecule has 2 rings (SSSR count). The Kier molecular flexibility index (Phi) is 5.06. The lowest BCUT2D eigenvalue weighted by atomic mass is 10.1. The summed E-state index contributed by atoms with van der Waals surface area (Å²) in [6, 6.07) is 9.29. The maximum atomic E-state index is 11.8. The van der Waals surface area contributed by atoms with Crippen LogP contribution in [-0.4, -0.2) is 29.8 Å². The molecule has 22 heavy (non-hydrogen) atoms. The zero-order chi connectivity index (χ0) is 16.1. The van der Waals surface area contributed by atoms with Gasteiger partial charge in [0.2, 0.25) is 5.78 Å². The lowest BCUT2D eigenvalue weighted by molar-refractivity contribution is -0.148. The van der Waals surface area contributed by atoms with Gasteiger partial charge in [-0.05, 0) is 41.1 Å². The number of carbonyl (C=O) groups is 3. The lowest BCUT2D eigenvalue weighted by Gasteiger charge is -2.02. The van der Waals surface area contributed by atoms with Crippen molar-refractivity contribution < 1.29 is 24.2 Å². The van der Waals surface area contributed by atoms with Gasteiger partial charge in [0, 0.05) is 0 Å². The lowest BCUT2D eigenvalue weighted by Crippen LogP contribution is -2.16. The second-order valence-corrected chi connectivity index (χ2v) is 5.58. The highest BCUT2D eigenvalue weighted by Gasteiger charge is 2.19. The Morgan fingerprint density at radius 3 is 2.41 bits per heavy atom. The van der Waals surface area contributed by atoms with Crippen molar-refractivity contribution in [1.82, 2.24) is 0 Å². The minimum atomic E-state index is -1.58. The molecule has 6 heteroatoms. The van der Waals surface area contributed by atoms with Crippen molar-refractivity contribution >= 4 is 28.9 Å². The molecule has 1 N–H and O–H groups in total. The molecule has 0 spiro atoms. The highest BCUT2D eigenvalue weighted by molar-refractivity contribution is 7.12. The number of aliphatic carboxylic acids is 1. The Morgan fingerprint density at radius 1 is 1.14 bits per heavy atom. The van der Waals surface area contributed by atoms with E-state index in [1.54, 1.807) is 13.2 Å². The number of carboxylic acid groups (broad SMARTS) is 1. The van der Waals surface area contributed by atoms with Crippen LogP contribution in [0.1, 0.15) is 27.2 Å². The van der Waals surface area contributed by atoms with Gasteiger partial charge in [-0.2, -0.15) is 0 Å². The van der Waals surface area contributed by atoms with Crippen LogP contribution in [0.2, 0.25) is 0 Å². The first-order valence-corrected chi connectivity index (χ1v) is 7.37. The van der Waals surface area contributed by atoms with Gasteiger partial charge in [0.25, 0.3) is 0 Å². The van der Waals surface area contributed by atoms with Crippen molar-refractivity contribution in [3.63, 3.8) is 0 Å². The number of carbonyl (C=O) groups excluding carboxylic acids is 2. The predicted molar refractivity (Wildman–Crippen MR) is 81.7 cm³/mol. The number of ketones is 2. The third kappa shape index (κ3) is 4.02. The summed E-state index contributed by atoms with van der Waals surface area (Å²) >= 11 is 1.22. The quantitative estimate of drug-likeness (QED) is 0.482. The van der Waals surface area contributed by atoms with E-state index in [0.29, 0.717) is 11.3 Å². The van der Waals surface area contributed by atoms with E-state index in [1.165, 1.54) is 11.3 Å². The highest BCUT2D eigenvalue weighted by Crippen LogP contribution is 2.21. The van der Waals surface area contributed by atoms with Crippen molar-refractivity contribution in [3.8, 4) is 5.75 Å². The van der Waals surface area contributed by atoms with Crippen molar-refractivity contribution in [3.05, 3.63) is 51.7 Å². The molecule has 0 aliphatic heterocycles. The Morgan fingerprint density at radius 2 is 1.82 bits per heavy atom. The number of thiophene rings is 1. The van der Waals surface area contributed by atoms with Crippen LogP contribution < -0.4 is 4.74 Å². The number of rotatable bonds is 7. The predicted octanol–water partition coefficient (Wildman–Crippen LogP) is 2.57. The first kappa shape index (κ1) is 15.9. The fourth-order valence-electron chi connectivity index (χ4n) is 1.90. The van der Waals surface area contributed by atoms with Crippen LogP contribution in [0.15, 0.2) is 35.7 Å². The van der Waals surface area contributed by atoms with Gasteiger partial charge in [-0.3, -0.25) is 9.59 Å². The van der Waals surface area contributed by atoms with Crippen molar-refractivity contribution in [2.24, 2.45) is 0 Å². The van der Waals surface area contributed by atoms with Crippen molar-refractivity contribution in [1.29, 1.82) is 0 Å². The largest absolute Gasteiger partial charge is 0.497 e. The molecule has 5 nitrogen and oxygen atoms in total. The van der Waals surface area contributed by atoms with E-state index in [-0.39, 0.29) is 0 Å². The third-order valence-corrected chi connectivity index (χ3v) is 4.08. The smallest absolute Gasteiger partial charge is 0.372 e. The molecule has 0 unspecified atom stereocenters. The van der Waals surface area contributed by atoms with E-state index in [9.17, 15) is 14.4 Å². The Labute approximate surface area is 131 Å². The van der Waals surface area contributed by atoms with Gasteiger partial charge in [-0.25, -0.2) is 4.79 Å². The molecule has 0 bridgehead atoms. The SMILES string of the molecule is COc1ccc(Cc2csc(C(=O)CC(=O)C(=O)O)c2)cc1. The Hall–Kier alpha value is -2.47. The van der Waals surface area contributed by atoms with Gasteiger partial charge in [0.1, 0.15) is 5.75 Å². The van der Waals surface area contributed by atoms with E-state index >= 15 is 0 Å². The van der Waals surface area contributed by atoms with E-state index in [0.717, 1.165) is 16.9 Å². The summed E-state index contributed by atoms with van der Waals surface area (Å²) in [6.07, 6.45) is 0.0540. The number of methoxy groups -OCH3 is 1. The molecule has 1 aromatic heterocycles. The third-order valence-electron chi connectivity index (χ3n) is 3.06. The summed E-state index contributed by atoms with van der Waals surface area (Å²) in [5.74, 6) is -2.35. The standard InChI is InChI=1S/C16H14O5S/c1-21-12-4-2-10(3-5-12)6-11-7-15(22-9-11)13(17)8-14(18)16(19)20/h2-5,7,9H,6,8H2,1H3,(H,19,20). The number of benzene rings is 1. The van der Waals surface area contributed by atoms with Crippen LogP contribution in [0.3, 0.4) is 0 Å². The van der Waals surface area contributed by atoms with Crippen LogP contribution in [0.5, 0.6) is 5.75 Å². The summed E-state index contributed by atoms with van der Waals surface area (Å²) in [4.78, 5) is 33.7. The highest BCUT2D eigenvalue weighted by atomic mass is 32.1. The minimum absolute atomic E-state index is 0.401. The summed E-state index contributed by atoms with van der Waals surface area (Å²) in [5, 5.41) is 10.3. The van der Waals surface area contributed by atoms with Crippen molar-refractivity contribution in [2.75, 3.05) is 7.11 Å². The van der Waals surface area contributed by atoms with Gasteiger partial charge in [-0.1, -0.05) is 12.1 Å². The molecule has 114 valence electrons. The molecular formula is C16H14O5S. The van der Waals surface area contributed by atoms with Crippen LogP contribution in [0.25, 0.3) is 0 Å². The number of carboxylic acids is 1. The van der Waals surface area contributed by atoms with Crippen LogP contribution in [0, 0.1) is 0 Å². The summed E-state index contributed by atoms with van der Waals surface area (Å²) in [5.41, 5.74) is 2.01. The van der Waals surface area contributed by atoms with E-state index in [2.05, 4.69) is 0 Å². The average Bonchev–Trinajstić information content (AvgIpc) is 2.96. The molecule has 0 aliphatic carbocycles. The van der Waals surface area contributed by atoms with E-state index < -0.39 is 24.0 Å². The maximum absolute atomic E-state index is 11.8. The molecule has 0 aliphatic rings. The summed E-state index contributed by atoms with van der Waals surface area (Å²) in [6.45, 7) is 0. The maximum Gasteiger partial charge on any atom is 0.372 e. The number of ether oxygens (including phenoxy) is 1. The van der Waals surface area contributed by atoms with E-state index in [1.807, 2.05) is 29.6 Å². The van der Waals surface area contributed by atoms with Crippen LogP contribution in [0.4, 0.5) is 0 Å². The first-order valence-electron chi connectivity index (χ1n) is 6.49. The topological polar surface area (TPSA) is 80.7 Å². The Bertz CT molecular complexity index is 700. The molecule has 0 saturated carbocycles. The van der Waals surface area contributed by atoms with E-state index in [4.69, 9.17) is 9.84 Å². The van der Waals surface area contributed by atoms with Gasteiger partial charge < -0.3 is 9.84 Å². The molecule has 1 aromatic carbocycles. The zero-order valence-electron chi connectivity index (χ0n) is 11.9. The second-order valence-electron chi connectivity index (χ2n) is 4.67. The molecular weight excluding hydrogens is 304 g/mol. The average molecular weight is 318 g/mol. The normalized spacial score (nSPS) is 10.2. The van der Waals surface area contributed by atoms with Crippen LogP contribution >= 0.6 is 11.3 Å². The molecule has 1 heterocycles. The van der Waals surface area contributed by atoms with Gasteiger partial charge in [0.15, 0.2) is 5.78 Å². The summed E-state index contributed by atoms with van der Waals surface area (Å²) in [7, 11) is 1.60. The molecule has 0 radical (unpaired) electrons. The van der Waals surface area contributed by atoms with Gasteiger partial charge in [-0.15, -0.1) is 11.3 Å².